The minimum absolute atomic E-state index is 0.988. The summed E-state index contributed by atoms with van der Waals surface area (Å²) < 4.78 is 0. The van der Waals surface area contributed by atoms with Gasteiger partial charge in [0.2, 0.25) is 0 Å². The molecule has 2 aromatic rings. The van der Waals surface area contributed by atoms with Gasteiger partial charge in [-0.1, -0.05) is 33.7 Å². The molecule has 0 amide bonds. The molecule has 0 fully saturated rings. The highest BCUT2D eigenvalue weighted by Crippen LogP contribution is 2.42. The van der Waals surface area contributed by atoms with Gasteiger partial charge in [0.05, 0.1) is 11.4 Å². The van der Waals surface area contributed by atoms with Gasteiger partial charge in [0, 0.05) is 23.5 Å². The maximum atomic E-state index is 4.42. The van der Waals surface area contributed by atoms with Gasteiger partial charge >= 0.3 is 0 Å². The van der Waals surface area contributed by atoms with Crippen LogP contribution in [0, 0.1) is 0 Å². The Kier molecular flexibility index (Phi) is 3.48. The Bertz CT molecular complexity index is 536. The summed E-state index contributed by atoms with van der Waals surface area (Å²) in [6, 6.07) is 11.9. The molecule has 3 rings (SSSR count). The zero-order chi connectivity index (χ0) is 12.2. The van der Waals surface area contributed by atoms with Crippen molar-refractivity contribution in [3.63, 3.8) is 0 Å². The van der Waals surface area contributed by atoms with Crippen molar-refractivity contribution in [3.8, 4) is 0 Å². The summed E-state index contributed by atoms with van der Waals surface area (Å²) in [5.74, 6) is 0. The summed E-state index contributed by atoms with van der Waals surface area (Å²) in [5, 5.41) is 4.27. The molecule has 0 saturated carbocycles. The van der Waals surface area contributed by atoms with Crippen LogP contribution in [-0.4, -0.2) is 9.97 Å². The Morgan fingerprint density at radius 1 is 0.667 bits per heavy atom. The maximum absolute atomic E-state index is 4.42. The topological polar surface area (TPSA) is 25.8 Å². The van der Waals surface area contributed by atoms with E-state index >= 15 is 0 Å². The van der Waals surface area contributed by atoms with Crippen molar-refractivity contribution in [1.82, 2.24) is 9.97 Å². The van der Waals surface area contributed by atoms with Crippen LogP contribution in [0.25, 0.3) is 11.1 Å². The lowest BCUT2D eigenvalue weighted by molar-refractivity contribution is 1.26. The monoisotopic (exact) mass is 270 g/mol. The van der Waals surface area contributed by atoms with E-state index in [-0.39, 0.29) is 0 Å². The highest BCUT2D eigenvalue weighted by atomic mass is 33.1. The van der Waals surface area contributed by atoms with Crippen molar-refractivity contribution in [3.05, 3.63) is 71.0 Å². The average molecular weight is 270 g/mol. The first-order chi connectivity index (χ1) is 8.95. The summed E-state index contributed by atoms with van der Waals surface area (Å²) in [7, 11) is 3.41. The number of rotatable bonds is 2. The van der Waals surface area contributed by atoms with Gasteiger partial charge in [-0.25, -0.2) is 0 Å². The SMILES string of the molecule is C1=C(c2ccccn2)C(c2ccccn2)=CSS1. The first-order valence-corrected chi connectivity index (χ1v) is 7.78. The molecule has 3 heterocycles. The quantitative estimate of drug-likeness (QED) is 0.762. The smallest absolute Gasteiger partial charge is 0.0714 e. The molecule has 1 aliphatic rings. The summed E-state index contributed by atoms with van der Waals surface area (Å²) in [4.78, 5) is 8.84. The van der Waals surface area contributed by atoms with Crippen LogP contribution >= 0.6 is 21.6 Å². The number of aromatic nitrogens is 2. The second kappa shape index (κ2) is 5.42. The van der Waals surface area contributed by atoms with E-state index in [0.29, 0.717) is 0 Å². The molecule has 88 valence electrons. The van der Waals surface area contributed by atoms with E-state index in [1.807, 2.05) is 48.8 Å². The van der Waals surface area contributed by atoms with Crippen LogP contribution in [-0.2, 0) is 0 Å². The number of allylic oxidation sites excluding steroid dienone is 2. The van der Waals surface area contributed by atoms with Gasteiger partial charge in [-0.2, -0.15) is 0 Å². The Labute approximate surface area is 114 Å². The summed E-state index contributed by atoms with van der Waals surface area (Å²) in [5.41, 5.74) is 4.25. The van der Waals surface area contributed by atoms with E-state index in [2.05, 4.69) is 20.8 Å². The zero-order valence-electron chi connectivity index (χ0n) is 9.48. The lowest BCUT2D eigenvalue weighted by atomic mass is 10.0. The van der Waals surface area contributed by atoms with Crippen molar-refractivity contribution in [2.24, 2.45) is 0 Å². The van der Waals surface area contributed by atoms with Crippen molar-refractivity contribution in [2.45, 2.75) is 0 Å². The van der Waals surface area contributed by atoms with Gasteiger partial charge in [0.15, 0.2) is 0 Å². The standard InChI is InChI=1S/C14H10N2S2/c1-3-7-15-13(5-1)11-9-17-18-10-12(11)14-6-2-4-8-16-14/h1-10H. The zero-order valence-corrected chi connectivity index (χ0v) is 11.1. The summed E-state index contributed by atoms with van der Waals surface area (Å²) >= 11 is 0. The van der Waals surface area contributed by atoms with E-state index in [1.165, 1.54) is 0 Å². The number of hydrogen-bond acceptors (Lipinski definition) is 4. The molecule has 2 nitrogen and oxygen atoms in total. The van der Waals surface area contributed by atoms with E-state index in [4.69, 9.17) is 0 Å². The maximum Gasteiger partial charge on any atom is 0.0714 e. The number of nitrogens with zero attached hydrogens (tertiary/aromatic N) is 2. The molecule has 0 atom stereocenters. The van der Waals surface area contributed by atoms with Gasteiger partial charge in [-0.3, -0.25) is 9.97 Å². The van der Waals surface area contributed by atoms with Gasteiger partial charge in [0.25, 0.3) is 0 Å². The summed E-state index contributed by atoms with van der Waals surface area (Å²) in [6.07, 6.45) is 3.64. The van der Waals surface area contributed by atoms with Crippen LogP contribution < -0.4 is 0 Å². The number of pyridine rings is 2. The minimum atomic E-state index is 0.988. The van der Waals surface area contributed by atoms with Crippen LogP contribution in [0.2, 0.25) is 0 Å². The van der Waals surface area contributed by atoms with Crippen molar-refractivity contribution in [1.29, 1.82) is 0 Å². The van der Waals surface area contributed by atoms with Gasteiger partial charge in [-0.05, 0) is 35.1 Å². The lowest BCUT2D eigenvalue weighted by Crippen LogP contribution is -1.95. The van der Waals surface area contributed by atoms with Crippen molar-refractivity contribution < 1.29 is 0 Å². The molecule has 4 heteroatoms. The molecule has 0 saturated heterocycles. The fourth-order valence-corrected chi connectivity index (χ4v) is 3.43. The van der Waals surface area contributed by atoms with Crippen molar-refractivity contribution in [2.75, 3.05) is 0 Å². The highest BCUT2D eigenvalue weighted by Gasteiger charge is 2.15. The van der Waals surface area contributed by atoms with Gasteiger partial charge in [0.1, 0.15) is 0 Å². The third-order valence-electron chi connectivity index (χ3n) is 2.56. The molecule has 0 spiro atoms. The second-order valence-corrected chi connectivity index (χ2v) is 5.70. The third-order valence-corrected chi connectivity index (χ3v) is 4.24. The molecule has 0 aromatic carbocycles. The third kappa shape index (κ3) is 2.35. The Balaban J connectivity index is 2.04. The highest BCUT2D eigenvalue weighted by molar-refractivity contribution is 8.79. The van der Waals surface area contributed by atoms with E-state index in [0.717, 1.165) is 22.5 Å². The first kappa shape index (κ1) is 11.6. The fraction of sp³-hybridized carbons (Fsp3) is 0. The van der Waals surface area contributed by atoms with Crippen LogP contribution in [0.1, 0.15) is 11.4 Å². The molecule has 1 aliphatic heterocycles. The van der Waals surface area contributed by atoms with E-state index in [1.54, 1.807) is 21.6 Å². The van der Waals surface area contributed by atoms with Gasteiger partial charge < -0.3 is 0 Å². The molecule has 0 bridgehead atoms. The Morgan fingerprint density at radius 2 is 1.17 bits per heavy atom. The molecule has 0 aliphatic carbocycles. The molecule has 2 aromatic heterocycles. The number of hydrogen-bond donors (Lipinski definition) is 0. The molecule has 0 radical (unpaired) electrons. The van der Waals surface area contributed by atoms with E-state index in [9.17, 15) is 0 Å². The Morgan fingerprint density at radius 3 is 1.56 bits per heavy atom. The van der Waals surface area contributed by atoms with Crippen LogP contribution in [0.5, 0.6) is 0 Å². The normalized spacial score (nSPS) is 14.9. The van der Waals surface area contributed by atoms with Crippen LogP contribution in [0.15, 0.2) is 59.6 Å². The molecule has 18 heavy (non-hydrogen) atoms. The lowest BCUT2D eigenvalue weighted by Gasteiger charge is -2.14. The van der Waals surface area contributed by atoms with Crippen LogP contribution in [0.4, 0.5) is 0 Å². The van der Waals surface area contributed by atoms with E-state index < -0.39 is 0 Å². The first-order valence-electron chi connectivity index (χ1n) is 5.51. The van der Waals surface area contributed by atoms with Gasteiger partial charge in [-0.15, -0.1) is 0 Å². The summed E-state index contributed by atoms with van der Waals surface area (Å²) in [6.45, 7) is 0. The average Bonchev–Trinajstić information content (AvgIpc) is 2.49. The molecule has 0 N–H and O–H groups in total. The Hall–Kier alpha value is -1.52. The molecule has 0 unspecified atom stereocenters. The predicted octanol–water partition coefficient (Wildman–Crippen LogP) is 4.25. The minimum Gasteiger partial charge on any atom is -0.256 e. The molecular formula is C14H10N2S2. The second-order valence-electron chi connectivity index (χ2n) is 3.69. The fourth-order valence-electron chi connectivity index (χ4n) is 1.72. The van der Waals surface area contributed by atoms with Crippen LogP contribution in [0.3, 0.4) is 0 Å². The predicted molar refractivity (Wildman–Crippen MR) is 79.6 cm³/mol. The molecular weight excluding hydrogens is 260 g/mol. The largest absolute Gasteiger partial charge is 0.256 e. The van der Waals surface area contributed by atoms with Crippen molar-refractivity contribution >= 4 is 32.7 Å².